The second kappa shape index (κ2) is 5.22. The van der Waals surface area contributed by atoms with E-state index in [1.54, 1.807) is 11.6 Å². The number of rotatable bonds is 3. The van der Waals surface area contributed by atoms with Crippen LogP contribution >= 0.6 is 0 Å². The van der Waals surface area contributed by atoms with Gasteiger partial charge in [-0.3, -0.25) is 14.4 Å². The van der Waals surface area contributed by atoms with Gasteiger partial charge in [-0.2, -0.15) is 5.10 Å². The summed E-state index contributed by atoms with van der Waals surface area (Å²) >= 11 is 0. The Balaban J connectivity index is 2.28. The first kappa shape index (κ1) is 13.3. The number of aryl methyl sites for hydroxylation is 1. The van der Waals surface area contributed by atoms with Gasteiger partial charge in [-0.15, -0.1) is 0 Å². The van der Waals surface area contributed by atoms with E-state index in [1.165, 1.54) is 12.8 Å². The highest BCUT2D eigenvalue weighted by Gasteiger charge is 2.28. The molecule has 0 aromatic carbocycles. The Labute approximate surface area is 109 Å². The molecule has 1 aromatic rings. The fraction of sp³-hybridized carbons (Fsp3) is 0.714. The van der Waals surface area contributed by atoms with Crippen molar-refractivity contribution in [1.82, 2.24) is 14.7 Å². The summed E-state index contributed by atoms with van der Waals surface area (Å²) in [5.74, 6) is 0.0863. The molecule has 0 N–H and O–H groups in total. The molecule has 1 aliphatic rings. The van der Waals surface area contributed by atoms with Gasteiger partial charge in [0, 0.05) is 20.0 Å². The van der Waals surface area contributed by atoms with E-state index in [1.807, 2.05) is 13.1 Å². The zero-order valence-corrected chi connectivity index (χ0v) is 11.8. The number of piperidine rings is 1. The minimum absolute atomic E-state index is 0.0863. The van der Waals surface area contributed by atoms with Gasteiger partial charge in [0.25, 0.3) is 0 Å². The molecule has 4 nitrogen and oxygen atoms in total. The fourth-order valence-electron chi connectivity index (χ4n) is 2.87. The Morgan fingerprint density at radius 3 is 2.72 bits per heavy atom. The summed E-state index contributed by atoms with van der Waals surface area (Å²) in [6.07, 6.45) is 3.66. The molecule has 4 heteroatoms. The van der Waals surface area contributed by atoms with E-state index in [4.69, 9.17) is 0 Å². The van der Waals surface area contributed by atoms with Crippen molar-refractivity contribution in [3.8, 4) is 0 Å². The zero-order chi connectivity index (χ0) is 13.3. The van der Waals surface area contributed by atoms with Crippen molar-refractivity contribution in [2.24, 2.45) is 7.05 Å². The van der Waals surface area contributed by atoms with E-state index >= 15 is 0 Å². The van der Waals surface area contributed by atoms with Gasteiger partial charge in [0.2, 0.25) is 0 Å². The first-order chi connectivity index (χ1) is 8.50. The topological polar surface area (TPSA) is 38.1 Å². The second-order valence-corrected chi connectivity index (χ2v) is 5.48. The lowest BCUT2D eigenvalue weighted by Gasteiger charge is -2.37. The van der Waals surface area contributed by atoms with Crippen LogP contribution in [0.1, 0.15) is 62.3 Å². The number of Topliss-reactive ketones (excluding diaryl/α,β-unsaturated/α-hetero) is 1. The van der Waals surface area contributed by atoms with Crippen LogP contribution in [0.25, 0.3) is 0 Å². The lowest BCUT2D eigenvalue weighted by Crippen LogP contribution is -2.38. The van der Waals surface area contributed by atoms with Gasteiger partial charge in [0.1, 0.15) is 5.69 Å². The average molecular weight is 249 g/mol. The quantitative estimate of drug-likeness (QED) is 0.773. The molecule has 1 aromatic heterocycles. The molecule has 0 saturated carbocycles. The number of carbonyl (C=O) groups is 1. The standard InChI is InChI=1S/C14H23N3O/c1-10(2)17-8-6-5-7-13(17)12-9-14(11(3)18)16(4)15-12/h9-10,13H,5-8H2,1-4H3. The van der Waals surface area contributed by atoms with Crippen LogP contribution in [-0.4, -0.2) is 33.1 Å². The molecule has 100 valence electrons. The second-order valence-electron chi connectivity index (χ2n) is 5.48. The molecule has 1 fully saturated rings. The SMILES string of the molecule is CC(=O)c1cc(C2CCCCN2C(C)C)nn1C. The van der Waals surface area contributed by atoms with Crippen molar-refractivity contribution >= 4 is 5.78 Å². The van der Waals surface area contributed by atoms with Gasteiger partial charge in [0.15, 0.2) is 5.78 Å². The molecule has 18 heavy (non-hydrogen) atoms. The Morgan fingerprint density at radius 2 is 2.17 bits per heavy atom. The Morgan fingerprint density at radius 1 is 1.44 bits per heavy atom. The molecule has 0 amide bonds. The molecule has 0 bridgehead atoms. The summed E-state index contributed by atoms with van der Waals surface area (Å²) in [4.78, 5) is 14.0. The molecule has 0 aliphatic carbocycles. The van der Waals surface area contributed by atoms with Crippen molar-refractivity contribution in [3.05, 3.63) is 17.5 Å². The third-order valence-electron chi connectivity index (χ3n) is 3.81. The highest BCUT2D eigenvalue weighted by molar-refractivity contribution is 5.92. The maximum Gasteiger partial charge on any atom is 0.177 e. The zero-order valence-electron chi connectivity index (χ0n) is 11.8. The number of nitrogens with zero attached hydrogens (tertiary/aromatic N) is 3. The Hall–Kier alpha value is -1.16. The van der Waals surface area contributed by atoms with Crippen LogP contribution in [0.4, 0.5) is 0 Å². The van der Waals surface area contributed by atoms with Crippen LogP contribution < -0.4 is 0 Å². The van der Waals surface area contributed by atoms with Gasteiger partial charge < -0.3 is 0 Å². The third kappa shape index (κ3) is 2.48. The lowest BCUT2D eigenvalue weighted by atomic mass is 9.97. The smallest absolute Gasteiger partial charge is 0.177 e. The van der Waals surface area contributed by atoms with Crippen molar-refractivity contribution < 1.29 is 4.79 Å². The number of hydrogen-bond donors (Lipinski definition) is 0. The van der Waals surface area contributed by atoms with E-state index in [2.05, 4.69) is 23.8 Å². The molecular weight excluding hydrogens is 226 g/mol. The van der Waals surface area contributed by atoms with Gasteiger partial charge in [-0.25, -0.2) is 0 Å². The first-order valence-electron chi connectivity index (χ1n) is 6.81. The summed E-state index contributed by atoms with van der Waals surface area (Å²) < 4.78 is 1.71. The Bertz CT molecular complexity index is 436. The van der Waals surface area contributed by atoms with Crippen LogP contribution in [-0.2, 0) is 7.05 Å². The maximum absolute atomic E-state index is 11.5. The molecule has 2 heterocycles. The van der Waals surface area contributed by atoms with Gasteiger partial charge >= 0.3 is 0 Å². The van der Waals surface area contributed by atoms with Crippen molar-refractivity contribution in [1.29, 1.82) is 0 Å². The molecule has 0 spiro atoms. The summed E-state index contributed by atoms with van der Waals surface area (Å²) in [5, 5.41) is 4.54. The summed E-state index contributed by atoms with van der Waals surface area (Å²) in [5.41, 5.74) is 1.76. The maximum atomic E-state index is 11.5. The minimum atomic E-state index is 0.0863. The predicted octanol–water partition coefficient (Wildman–Crippen LogP) is 2.56. The van der Waals surface area contributed by atoms with Gasteiger partial charge in [-0.05, 0) is 39.3 Å². The normalized spacial score (nSPS) is 21.5. The monoisotopic (exact) mass is 249 g/mol. The van der Waals surface area contributed by atoms with E-state index in [0.717, 1.165) is 18.7 Å². The molecule has 1 unspecified atom stereocenters. The number of aromatic nitrogens is 2. The molecule has 0 radical (unpaired) electrons. The van der Waals surface area contributed by atoms with Gasteiger partial charge in [-0.1, -0.05) is 6.42 Å². The third-order valence-corrected chi connectivity index (χ3v) is 3.81. The molecule has 2 rings (SSSR count). The highest BCUT2D eigenvalue weighted by atomic mass is 16.1. The van der Waals surface area contributed by atoms with E-state index < -0.39 is 0 Å². The first-order valence-corrected chi connectivity index (χ1v) is 6.81. The van der Waals surface area contributed by atoms with Crippen LogP contribution in [0.3, 0.4) is 0 Å². The van der Waals surface area contributed by atoms with E-state index in [9.17, 15) is 4.79 Å². The average Bonchev–Trinajstić information content (AvgIpc) is 2.71. The van der Waals surface area contributed by atoms with Crippen LogP contribution in [0.2, 0.25) is 0 Å². The van der Waals surface area contributed by atoms with Crippen LogP contribution in [0, 0.1) is 0 Å². The summed E-state index contributed by atoms with van der Waals surface area (Å²) in [6, 6.07) is 2.87. The number of likely N-dealkylation sites (tertiary alicyclic amines) is 1. The summed E-state index contributed by atoms with van der Waals surface area (Å²) in [6.45, 7) is 7.19. The summed E-state index contributed by atoms with van der Waals surface area (Å²) in [7, 11) is 1.85. The van der Waals surface area contributed by atoms with Crippen molar-refractivity contribution in [2.75, 3.05) is 6.54 Å². The number of hydrogen-bond acceptors (Lipinski definition) is 3. The minimum Gasteiger partial charge on any atom is -0.293 e. The molecule has 1 aliphatic heterocycles. The van der Waals surface area contributed by atoms with Gasteiger partial charge in [0.05, 0.1) is 11.7 Å². The highest BCUT2D eigenvalue weighted by Crippen LogP contribution is 2.31. The molecule has 1 saturated heterocycles. The largest absolute Gasteiger partial charge is 0.293 e. The number of ketones is 1. The van der Waals surface area contributed by atoms with Crippen molar-refractivity contribution in [2.45, 2.75) is 52.1 Å². The predicted molar refractivity (Wildman–Crippen MR) is 71.6 cm³/mol. The van der Waals surface area contributed by atoms with Crippen LogP contribution in [0.5, 0.6) is 0 Å². The van der Waals surface area contributed by atoms with E-state index in [-0.39, 0.29) is 5.78 Å². The Kier molecular flexibility index (Phi) is 3.85. The van der Waals surface area contributed by atoms with E-state index in [0.29, 0.717) is 17.8 Å². The molecule has 1 atom stereocenters. The number of carbonyl (C=O) groups excluding carboxylic acids is 1. The van der Waals surface area contributed by atoms with Crippen LogP contribution in [0.15, 0.2) is 6.07 Å². The molecular formula is C14H23N3O. The lowest BCUT2D eigenvalue weighted by molar-refractivity contribution is 0.100. The fourth-order valence-corrected chi connectivity index (χ4v) is 2.87. The van der Waals surface area contributed by atoms with Crippen molar-refractivity contribution in [3.63, 3.8) is 0 Å².